The van der Waals surface area contributed by atoms with E-state index in [1.54, 1.807) is 19.1 Å². The molecule has 1 heterocycles. The van der Waals surface area contributed by atoms with Crippen LogP contribution in [0.1, 0.15) is 46.9 Å². The van der Waals surface area contributed by atoms with Crippen LogP contribution in [0.2, 0.25) is 0 Å². The van der Waals surface area contributed by atoms with E-state index < -0.39 is 23.8 Å². The lowest BCUT2D eigenvalue weighted by atomic mass is 10.0. The zero-order valence-corrected chi connectivity index (χ0v) is 13.1. The molecule has 2 N–H and O–H groups in total. The minimum Gasteiger partial charge on any atom is -0.481 e. The lowest BCUT2D eigenvalue weighted by Crippen LogP contribution is -2.31. The molecule has 7 heteroatoms. The monoisotopic (exact) mass is 327 g/mol. The SMILES string of the molecule is CCn1nc(C(=O)NC2CC(C(=O)O)c3ccccc32)ccc1=O. The van der Waals surface area contributed by atoms with Gasteiger partial charge in [-0.3, -0.25) is 14.4 Å². The van der Waals surface area contributed by atoms with Gasteiger partial charge < -0.3 is 10.4 Å². The molecule has 0 aliphatic heterocycles. The van der Waals surface area contributed by atoms with Crippen molar-refractivity contribution in [2.45, 2.75) is 31.8 Å². The number of carboxylic acid groups (broad SMARTS) is 1. The predicted molar refractivity (Wildman–Crippen MR) is 85.8 cm³/mol. The highest BCUT2D eigenvalue weighted by Crippen LogP contribution is 2.40. The van der Waals surface area contributed by atoms with E-state index in [2.05, 4.69) is 10.4 Å². The van der Waals surface area contributed by atoms with Crippen molar-refractivity contribution in [2.75, 3.05) is 0 Å². The number of hydrogen-bond acceptors (Lipinski definition) is 4. The number of fused-ring (bicyclic) bond motifs is 1. The van der Waals surface area contributed by atoms with Gasteiger partial charge in [-0.1, -0.05) is 24.3 Å². The molecule has 3 rings (SSSR count). The second-order valence-corrected chi connectivity index (χ2v) is 5.65. The third-order valence-electron chi connectivity index (χ3n) is 4.22. The van der Waals surface area contributed by atoms with E-state index in [9.17, 15) is 19.5 Å². The zero-order valence-electron chi connectivity index (χ0n) is 13.1. The summed E-state index contributed by atoms with van der Waals surface area (Å²) in [4.78, 5) is 35.4. The Hall–Kier alpha value is -2.96. The number of benzene rings is 1. The number of amides is 1. The Kier molecular flexibility index (Phi) is 4.16. The highest BCUT2D eigenvalue weighted by atomic mass is 16.4. The third kappa shape index (κ3) is 2.80. The van der Waals surface area contributed by atoms with Gasteiger partial charge >= 0.3 is 5.97 Å². The fourth-order valence-electron chi connectivity index (χ4n) is 3.03. The Morgan fingerprint density at radius 1 is 1.25 bits per heavy atom. The number of hydrogen-bond donors (Lipinski definition) is 2. The van der Waals surface area contributed by atoms with Crippen LogP contribution in [0.25, 0.3) is 0 Å². The second-order valence-electron chi connectivity index (χ2n) is 5.65. The molecule has 1 aromatic heterocycles. The van der Waals surface area contributed by atoms with E-state index in [0.717, 1.165) is 11.1 Å². The molecule has 124 valence electrons. The first kappa shape index (κ1) is 15.9. The van der Waals surface area contributed by atoms with E-state index in [4.69, 9.17) is 0 Å². The number of nitrogens with zero attached hydrogens (tertiary/aromatic N) is 2. The molecule has 24 heavy (non-hydrogen) atoms. The van der Waals surface area contributed by atoms with E-state index in [-0.39, 0.29) is 11.3 Å². The van der Waals surface area contributed by atoms with Crippen molar-refractivity contribution in [3.8, 4) is 0 Å². The van der Waals surface area contributed by atoms with Gasteiger partial charge in [-0.25, -0.2) is 4.68 Å². The van der Waals surface area contributed by atoms with Crippen LogP contribution < -0.4 is 10.9 Å². The van der Waals surface area contributed by atoms with Crippen LogP contribution in [0.4, 0.5) is 0 Å². The largest absolute Gasteiger partial charge is 0.481 e. The van der Waals surface area contributed by atoms with Gasteiger partial charge in [-0.15, -0.1) is 0 Å². The van der Waals surface area contributed by atoms with Gasteiger partial charge in [0, 0.05) is 12.6 Å². The van der Waals surface area contributed by atoms with Crippen LogP contribution in [0.3, 0.4) is 0 Å². The van der Waals surface area contributed by atoms with Crippen LogP contribution in [0.5, 0.6) is 0 Å². The minimum absolute atomic E-state index is 0.132. The predicted octanol–water partition coefficient (Wildman–Crippen LogP) is 1.31. The molecule has 1 amide bonds. The molecule has 0 bridgehead atoms. The maximum atomic E-state index is 12.4. The number of aromatic nitrogens is 2. The zero-order chi connectivity index (χ0) is 17.3. The normalized spacial score (nSPS) is 18.9. The summed E-state index contributed by atoms with van der Waals surface area (Å²) in [5, 5.41) is 16.2. The summed E-state index contributed by atoms with van der Waals surface area (Å²) in [6, 6.07) is 9.49. The average Bonchev–Trinajstić information content (AvgIpc) is 2.94. The quantitative estimate of drug-likeness (QED) is 0.881. The third-order valence-corrected chi connectivity index (χ3v) is 4.22. The Bertz CT molecular complexity index is 859. The summed E-state index contributed by atoms with van der Waals surface area (Å²) in [5.74, 6) is -1.97. The molecule has 1 aromatic carbocycles. The lowest BCUT2D eigenvalue weighted by Gasteiger charge is -2.14. The topological polar surface area (TPSA) is 101 Å². The van der Waals surface area contributed by atoms with Gasteiger partial charge in [0.05, 0.1) is 12.0 Å². The second kappa shape index (κ2) is 6.27. The maximum absolute atomic E-state index is 12.4. The molecule has 0 saturated heterocycles. The van der Waals surface area contributed by atoms with Gasteiger partial charge in [0.15, 0.2) is 0 Å². The molecular formula is C17H17N3O4. The number of aliphatic carboxylic acids is 1. The van der Waals surface area contributed by atoms with E-state index >= 15 is 0 Å². The van der Waals surface area contributed by atoms with Crippen LogP contribution >= 0.6 is 0 Å². The lowest BCUT2D eigenvalue weighted by molar-refractivity contribution is -0.138. The molecule has 1 aliphatic carbocycles. The molecule has 1 aliphatic rings. The summed E-state index contributed by atoms with van der Waals surface area (Å²) in [6.45, 7) is 2.13. The van der Waals surface area contributed by atoms with Crippen LogP contribution in [-0.2, 0) is 11.3 Å². The number of carbonyl (C=O) groups excluding carboxylic acids is 1. The van der Waals surface area contributed by atoms with Crippen LogP contribution in [0.15, 0.2) is 41.2 Å². The number of aryl methyl sites for hydroxylation is 1. The average molecular weight is 327 g/mol. The fourth-order valence-corrected chi connectivity index (χ4v) is 3.03. The standard InChI is InChI=1S/C17H17N3O4/c1-2-20-15(21)8-7-13(19-20)16(22)18-14-9-12(17(23)24)10-5-3-4-6-11(10)14/h3-8,12,14H,2,9H2,1H3,(H,18,22)(H,23,24). The fraction of sp³-hybridized carbons (Fsp3) is 0.294. The van der Waals surface area contributed by atoms with Gasteiger partial charge in [0.25, 0.3) is 11.5 Å². The molecule has 2 unspecified atom stereocenters. The van der Waals surface area contributed by atoms with Crippen molar-refractivity contribution in [2.24, 2.45) is 0 Å². The summed E-state index contributed by atoms with van der Waals surface area (Å²) < 4.78 is 1.21. The Labute approximate surface area is 137 Å². The van der Waals surface area contributed by atoms with Gasteiger partial charge in [-0.2, -0.15) is 5.10 Å². The van der Waals surface area contributed by atoms with Crippen molar-refractivity contribution in [3.05, 3.63) is 63.6 Å². The van der Waals surface area contributed by atoms with Gasteiger partial charge in [-0.05, 0) is 30.5 Å². The molecule has 2 aromatic rings. The van der Waals surface area contributed by atoms with Crippen molar-refractivity contribution >= 4 is 11.9 Å². The van der Waals surface area contributed by atoms with Crippen LogP contribution in [0, 0.1) is 0 Å². The highest BCUT2D eigenvalue weighted by Gasteiger charge is 2.36. The molecule has 2 atom stereocenters. The first-order valence-corrected chi connectivity index (χ1v) is 7.72. The summed E-state index contributed by atoms with van der Waals surface area (Å²) in [5.41, 5.74) is 1.39. The molecule has 0 fully saturated rings. The Balaban J connectivity index is 1.85. The Morgan fingerprint density at radius 3 is 2.62 bits per heavy atom. The van der Waals surface area contributed by atoms with Crippen molar-refractivity contribution < 1.29 is 14.7 Å². The summed E-state index contributed by atoms with van der Waals surface area (Å²) in [6.07, 6.45) is 0.299. The highest BCUT2D eigenvalue weighted by molar-refractivity contribution is 5.92. The van der Waals surface area contributed by atoms with Gasteiger partial charge in [0.1, 0.15) is 5.69 Å². The van der Waals surface area contributed by atoms with E-state index in [0.29, 0.717) is 13.0 Å². The molecule has 0 spiro atoms. The van der Waals surface area contributed by atoms with Crippen molar-refractivity contribution in [1.82, 2.24) is 15.1 Å². The van der Waals surface area contributed by atoms with Crippen molar-refractivity contribution in [1.29, 1.82) is 0 Å². The van der Waals surface area contributed by atoms with E-state index in [1.165, 1.54) is 16.8 Å². The number of carbonyl (C=O) groups is 2. The van der Waals surface area contributed by atoms with Crippen molar-refractivity contribution in [3.63, 3.8) is 0 Å². The molecular weight excluding hydrogens is 310 g/mol. The smallest absolute Gasteiger partial charge is 0.311 e. The van der Waals surface area contributed by atoms with Crippen LogP contribution in [-0.4, -0.2) is 26.8 Å². The Morgan fingerprint density at radius 2 is 1.96 bits per heavy atom. The maximum Gasteiger partial charge on any atom is 0.311 e. The molecule has 0 saturated carbocycles. The summed E-state index contributed by atoms with van der Waals surface area (Å²) >= 11 is 0. The van der Waals surface area contributed by atoms with E-state index in [1.807, 2.05) is 12.1 Å². The molecule has 7 nitrogen and oxygen atoms in total. The first-order valence-electron chi connectivity index (χ1n) is 7.72. The summed E-state index contributed by atoms with van der Waals surface area (Å²) in [7, 11) is 0. The molecule has 0 radical (unpaired) electrons. The first-order chi connectivity index (χ1) is 11.5. The number of rotatable bonds is 4. The number of nitrogens with one attached hydrogen (secondary N) is 1. The van der Waals surface area contributed by atoms with Gasteiger partial charge in [0.2, 0.25) is 0 Å². The number of carboxylic acids is 1. The minimum atomic E-state index is -0.906.